The first-order valence-corrected chi connectivity index (χ1v) is 6.79. The highest BCUT2D eigenvalue weighted by molar-refractivity contribution is 5.92. The molecule has 0 aromatic carbocycles. The predicted molar refractivity (Wildman–Crippen MR) is 80.3 cm³/mol. The first kappa shape index (κ1) is 15.4. The zero-order chi connectivity index (χ0) is 15.8. The van der Waals surface area contributed by atoms with Gasteiger partial charge in [-0.05, 0) is 18.2 Å². The molecule has 2 aromatic heterocycles. The first-order chi connectivity index (χ1) is 10.7. The number of carbonyl (C=O) groups is 1. The zero-order valence-electron chi connectivity index (χ0n) is 12.0. The number of pyridine rings is 2. The van der Waals surface area contributed by atoms with Crippen molar-refractivity contribution in [2.75, 3.05) is 0 Å². The fourth-order valence-electron chi connectivity index (χ4n) is 1.92. The number of amides is 1. The van der Waals surface area contributed by atoms with Crippen LogP contribution in [0.15, 0.2) is 66.4 Å². The maximum atomic E-state index is 11.1. The summed E-state index contributed by atoms with van der Waals surface area (Å²) < 4.78 is 3.89. The van der Waals surface area contributed by atoms with Gasteiger partial charge in [0, 0.05) is 23.8 Å². The summed E-state index contributed by atoms with van der Waals surface area (Å²) in [7, 11) is 0. The minimum atomic E-state index is -0.430. The first-order valence-electron chi connectivity index (χ1n) is 6.79. The summed E-state index contributed by atoms with van der Waals surface area (Å²) >= 11 is 0. The van der Waals surface area contributed by atoms with Gasteiger partial charge in [0.15, 0.2) is 37.9 Å². The minimum absolute atomic E-state index is 0.430. The quantitative estimate of drug-likeness (QED) is 0.266. The molecule has 22 heavy (non-hydrogen) atoms. The van der Waals surface area contributed by atoms with Crippen LogP contribution in [0.1, 0.15) is 15.9 Å². The number of carbonyl (C=O) groups excluding carboxylic acids is 1. The molecule has 3 N–H and O–H groups in total. The molecular weight excluding hydrogens is 280 g/mol. The monoisotopic (exact) mass is 298 g/mol. The Hall–Kier alpha value is -3.02. The van der Waals surface area contributed by atoms with Crippen LogP contribution in [0.2, 0.25) is 0 Å². The summed E-state index contributed by atoms with van der Waals surface area (Å²) in [5.41, 5.74) is 6.58. The van der Waals surface area contributed by atoms with Crippen molar-refractivity contribution in [3.05, 3.63) is 72.3 Å². The third-order valence-corrected chi connectivity index (χ3v) is 3.07. The number of hydrogen-bond acceptors (Lipinski definition) is 3. The van der Waals surface area contributed by atoms with Crippen molar-refractivity contribution >= 4 is 12.1 Å². The number of oxime groups is 1. The van der Waals surface area contributed by atoms with Crippen LogP contribution >= 0.6 is 0 Å². The molecule has 0 aliphatic carbocycles. The van der Waals surface area contributed by atoms with Crippen LogP contribution in [0.5, 0.6) is 0 Å². The molecule has 0 unspecified atom stereocenters. The summed E-state index contributed by atoms with van der Waals surface area (Å²) in [6.07, 6.45) is 12.8. The van der Waals surface area contributed by atoms with E-state index >= 15 is 0 Å². The molecule has 0 fully saturated rings. The number of rotatable bonds is 6. The van der Waals surface area contributed by atoms with E-state index in [4.69, 9.17) is 10.9 Å². The topological polar surface area (TPSA) is 83.4 Å². The van der Waals surface area contributed by atoms with Crippen molar-refractivity contribution in [2.45, 2.75) is 13.1 Å². The third-order valence-electron chi connectivity index (χ3n) is 3.07. The van der Waals surface area contributed by atoms with Crippen LogP contribution < -0.4 is 14.9 Å². The van der Waals surface area contributed by atoms with Gasteiger partial charge in [0.05, 0.1) is 6.21 Å². The van der Waals surface area contributed by atoms with Gasteiger partial charge in [-0.25, -0.2) is 9.13 Å². The fourth-order valence-corrected chi connectivity index (χ4v) is 1.92. The van der Waals surface area contributed by atoms with E-state index in [1.807, 2.05) is 52.0 Å². The summed E-state index contributed by atoms with van der Waals surface area (Å²) in [4.78, 5) is 11.1. The maximum Gasteiger partial charge on any atom is 0.254 e. The van der Waals surface area contributed by atoms with Crippen molar-refractivity contribution in [3.8, 4) is 0 Å². The second-order valence-corrected chi connectivity index (χ2v) is 4.70. The number of aromatic nitrogens is 2. The Bertz CT molecular complexity index is 694. The third kappa shape index (κ3) is 4.52. The summed E-state index contributed by atoms with van der Waals surface area (Å²) in [5.74, 6) is -0.430. The molecule has 2 rings (SSSR count). The number of nitrogens with zero attached hydrogens (tertiary/aromatic N) is 3. The fraction of sp³-hybridized carbons (Fsp3) is 0.125. The molecule has 6 nitrogen and oxygen atoms in total. The molecule has 0 saturated carbocycles. The minimum Gasteiger partial charge on any atom is -0.411 e. The highest BCUT2D eigenvalue weighted by atomic mass is 16.4. The van der Waals surface area contributed by atoms with Crippen molar-refractivity contribution in [1.82, 2.24) is 0 Å². The maximum absolute atomic E-state index is 11.1. The van der Waals surface area contributed by atoms with Gasteiger partial charge in [-0.15, -0.1) is 0 Å². The second kappa shape index (κ2) is 7.68. The lowest BCUT2D eigenvalue weighted by Crippen LogP contribution is -2.34. The van der Waals surface area contributed by atoms with Gasteiger partial charge in [0.2, 0.25) is 0 Å². The Kier molecular flexibility index (Phi) is 5.37. The van der Waals surface area contributed by atoms with E-state index in [-0.39, 0.29) is 0 Å². The summed E-state index contributed by atoms with van der Waals surface area (Å²) in [6.45, 7) is 1.39. The van der Waals surface area contributed by atoms with Gasteiger partial charge in [0.25, 0.3) is 5.91 Å². The standard InChI is InChI=1S/C16H16N4O2/c17-16(21)15-4-3-9-20(13-15)8-2-1-7-19-10-5-14(6-11-19)12-18-22/h1-6,9-13H,7-8H2,(H-,17,21)/p+2/b2-1+. The second-order valence-electron chi connectivity index (χ2n) is 4.70. The van der Waals surface area contributed by atoms with E-state index < -0.39 is 5.91 Å². The Morgan fingerprint density at radius 3 is 2.45 bits per heavy atom. The molecule has 0 radical (unpaired) electrons. The van der Waals surface area contributed by atoms with Crippen LogP contribution in [0.4, 0.5) is 0 Å². The largest absolute Gasteiger partial charge is 0.411 e. The normalized spacial score (nSPS) is 11.3. The number of hydrogen-bond donors (Lipinski definition) is 2. The molecular formula is C16H18N4O2+2. The van der Waals surface area contributed by atoms with Crippen LogP contribution in [0.25, 0.3) is 0 Å². The van der Waals surface area contributed by atoms with E-state index in [2.05, 4.69) is 5.16 Å². The van der Waals surface area contributed by atoms with Gasteiger partial charge in [0.1, 0.15) is 5.56 Å². The number of primary amides is 1. The van der Waals surface area contributed by atoms with E-state index in [0.29, 0.717) is 12.1 Å². The summed E-state index contributed by atoms with van der Waals surface area (Å²) in [6, 6.07) is 7.21. The smallest absolute Gasteiger partial charge is 0.254 e. The van der Waals surface area contributed by atoms with Crippen molar-refractivity contribution in [1.29, 1.82) is 0 Å². The molecule has 0 bridgehead atoms. The van der Waals surface area contributed by atoms with Gasteiger partial charge in [-0.1, -0.05) is 5.16 Å². The van der Waals surface area contributed by atoms with Crippen LogP contribution in [-0.4, -0.2) is 17.3 Å². The van der Waals surface area contributed by atoms with Crippen molar-refractivity contribution in [3.63, 3.8) is 0 Å². The SMILES string of the molecule is NC(=O)c1ccc[n+](C/C=C/C[n+]2ccc(C=NO)cc2)c1. The highest BCUT2D eigenvalue weighted by Gasteiger charge is 2.05. The zero-order valence-corrected chi connectivity index (χ0v) is 12.0. The number of allylic oxidation sites excluding steroid dienone is 2. The van der Waals surface area contributed by atoms with Gasteiger partial charge in [-0.3, -0.25) is 4.79 Å². The lowest BCUT2D eigenvalue weighted by molar-refractivity contribution is -0.691. The van der Waals surface area contributed by atoms with Crippen molar-refractivity contribution in [2.24, 2.45) is 10.9 Å². The van der Waals surface area contributed by atoms with E-state index in [0.717, 1.165) is 12.1 Å². The Balaban J connectivity index is 1.90. The van der Waals surface area contributed by atoms with Crippen molar-refractivity contribution < 1.29 is 19.1 Å². The van der Waals surface area contributed by atoms with Gasteiger partial charge in [-0.2, -0.15) is 0 Å². The molecule has 2 heterocycles. The average molecular weight is 298 g/mol. The Morgan fingerprint density at radius 1 is 1.14 bits per heavy atom. The van der Waals surface area contributed by atoms with Gasteiger partial charge < -0.3 is 10.9 Å². The molecule has 112 valence electrons. The van der Waals surface area contributed by atoms with Gasteiger partial charge >= 0.3 is 0 Å². The molecule has 1 amide bonds. The van der Waals surface area contributed by atoms with E-state index in [1.54, 1.807) is 18.3 Å². The molecule has 0 saturated heterocycles. The lowest BCUT2D eigenvalue weighted by atomic mass is 10.3. The summed E-state index contributed by atoms with van der Waals surface area (Å²) in [5, 5.41) is 11.4. The van der Waals surface area contributed by atoms with E-state index in [9.17, 15) is 4.79 Å². The van der Waals surface area contributed by atoms with Crippen LogP contribution in [-0.2, 0) is 13.1 Å². The molecule has 0 aliphatic rings. The Morgan fingerprint density at radius 2 is 1.82 bits per heavy atom. The van der Waals surface area contributed by atoms with Crippen LogP contribution in [0, 0.1) is 0 Å². The number of nitrogens with two attached hydrogens (primary N) is 1. The molecule has 2 aromatic rings. The lowest BCUT2D eigenvalue weighted by Gasteiger charge is -1.95. The molecule has 0 spiro atoms. The molecule has 6 heteroatoms. The highest BCUT2D eigenvalue weighted by Crippen LogP contribution is 1.92. The molecule has 0 aliphatic heterocycles. The Labute approximate surface area is 128 Å². The average Bonchev–Trinajstić information content (AvgIpc) is 2.54. The van der Waals surface area contributed by atoms with Crippen LogP contribution in [0.3, 0.4) is 0 Å². The van der Waals surface area contributed by atoms with E-state index in [1.165, 1.54) is 6.21 Å². The predicted octanol–water partition coefficient (Wildman–Crippen LogP) is 0.425. The molecule has 0 atom stereocenters.